The number of carbonyl (C=O) groups excluding carboxylic acids is 2. The van der Waals surface area contributed by atoms with Crippen molar-refractivity contribution in [3.8, 4) is 0 Å². The number of nitrogens with two attached hydrogens (primary N) is 1. The molecule has 2 aromatic rings. The normalized spacial score (nSPS) is 16.8. The summed E-state index contributed by atoms with van der Waals surface area (Å²) in [6, 6.07) is 0. The number of hydrogen-bond acceptors (Lipinski definition) is 8. The topological polar surface area (TPSA) is 140 Å². The molecule has 2 aromatic heterocycles. The van der Waals surface area contributed by atoms with Gasteiger partial charge in [-0.2, -0.15) is 4.98 Å². The van der Waals surface area contributed by atoms with Crippen LogP contribution in [-0.2, 0) is 11.2 Å². The maximum atomic E-state index is 12.1. The van der Waals surface area contributed by atoms with E-state index in [0.717, 1.165) is 11.8 Å². The molecule has 0 aromatic carbocycles. The fourth-order valence-corrected chi connectivity index (χ4v) is 3.24. The lowest BCUT2D eigenvalue weighted by molar-refractivity contribution is -0.113. The minimum atomic E-state index is -0.280. The van der Waals surface area contributed by atoms with Crippen LogP contribution in [0.2, 0.25) is 0 Å². The average molecular weight is 347 g/mol. The van der Waals surface area contributed by atoms with E-state index in [-0.39, 0.29) is 35.3 Å². The van der Waals surface area contributed by atoms with E-state index in [0.29, 0.717) is 34.9 Å². The predicted octanol–water partition coefficient (Wildman–Crippen LogP) is 0.981. The molecule has 24 heavy (non-hydrogen) atoms. The highest BCUT2D eigenvalue weighted by Gasteiger charge is 2.26. The zero-order chi connectivity index (χ0) is 17.3. The molecule has 126 valence electrons. The third-order valence-electron chi connectivity index (χ3n) is 3.59. The van der Waals surface area contributed by atoms with Crippen LogP contribution in [0, 0.1) is 12.8 Å². The maximum absolute atomic E-state index is 12.1. The number of anilines is 2. The van der Waals surface area contributed by atoms with Crippen LogP contribution < -0.4 is 11.1 Å². The van der Waals surface area contributed by atoms with Crippen LogP contribution >= 0.6 is 11.8 Å². The molecular weight excluding hydrogens is 330 g/mol. The molecule has 0 bridgehead atoms. The summed E-state index contributed by atoms with van der Waals surface area (Å²) in [6.45, 7) is 3.77. The van der Waals surface area contributed by atoms with Crippen LogP contribution in [0.15, 0.2) is 5.16 Å². The first-order chi connectivity index (χ1) is 11.4. The molecule has 4 N–H and O–H groups in total. The number of hydrogen-bond donors (Lipinski definition) is 3. The Kier molecular flexibility index (Phi) is 4.47. The summed E-state index contributed by atoms with van der Waals surface area (Å²) >= 11 is 1.15. The molecule has 1 atom stereocenters. The summed E-state index contributed by atoms with van der Waals surface area (Å²) in [5.74, 6) is 0.550. The molecule has 0 radical (unpaired) electrons. The molecule has 0 fully saturated rings. The Morgan fingerprint density at radius 3 is 2.88 bits per heavy atom. The molecule has 0 saturated carbocycles. The van der Waals surface area contributed by atoms with Crippen molar-refractivity contribution in [1.82, 2.24) is 25.1 Å². The number of thioether (sulfide) groups is 1. The van der Waals surface area contributed by atoms with E-state index in [4.69, 9.17) is 5.73 Å². The Bertz CT molecular complexity index is 804. The molecule has 10 heteroatoms. The Labute approximate surface area is 142 Å². The van der Waals surface area contributed by atoms with Crippen LogP contribution in [0.4, 0.5) is 11.9 Å². The zero-order valence-electron chi connectivity index (χ0n) is 13.3. The molecule has 1 aliphatic rings. The molecule has 9 nitrogen and oxygen atoms in total. The second-order valence-corrected chi connectivity index (χ2v) is 6.67. The maximum Gasteiger partial charge on any atom is 0.237 e. The van der Waals surface area contributed by atoms with E-state index in [1.54, 1.807) is 6.92 Å². The molecule has 3 rings (SSSR count). The van der Waals surface area contributed by atoms with E-state index >= 15 is 0 Å². The van der Waals surface area contributed by atoms with Crippen LogP contribution in [0.25, 0.3) is 0 Å². The van der Waals surface area contributed by atoms with Crippen LogP contribution in [0.5, 0.6) is 0 Å². The van der Waals surface area contributed by atoms with Crippen molar-refractivity contribution in [2.24, 2.45) is 5.92 Å². The number of H-pyrrole nitrogens is 1. The van der Waals surface area contributed by atoms with Crippen molar-refractivity contribution >= 4 is 35.3 Å². The third kappa shape index (κ3) is 3.53. The quantitative estimate of drug-likeness (QED) is 0.695. The number of aromatic nitrogens is 5. The molecule has 1 amide bonds. The van der Waals surface area contributed by atoms with Crippen molar-refractivity contribution in [3.05, 3.63) is 17.0 Å². The minimum absolute atomic E-state index is 0.0666. The number of ketones is 1. The minimum Gasteiger partial charge on any atom is -0.368 e. The molecule has 1 unspecified atom stereocenters. The van der Waals surface area contributed by atoms with E-state index in [1.807, 2.05) is 6.92 Å². The van der Waals surface area contributed by atoms with E-state index < -0.39 is 0 Å². The molecule has 0 aliphatic heterocycles. The van der Waals surface area contributed by atoms with Gasteiger partial charge in [0.1, 0.15) is 0 Å². The molecule has 2 heterocycles. The van der Waals surface area contributed by atoms with E-state index in [9.17, 15) is 9.59 Å². The largest absolute Gasteiger partial charge is 0.368 e. The first-order valence-electron chi connectivity index (χ1n) is 7.43. The molecule has 0 spiro atoms. The second-order valence-electron chi connectivity index (χ2n) is 5.73. The number of aromatic amines is 1. The van der Waals surface area contributed by atoms with Crippen molar-refractivity contribution in [2.45, 2.75) is 31.8 Å². The number of aryl methyl sites for hydroxylation is 1. The summed E-state index contributed by atoms with van der Waals surface area (Å²) in [4.78, 5) is 36.6. The standard InChI is InChI=1S/C14H17N7O2S/c1-6-3-8-11(9(22)4-6)7(2)16-13(17-8)18-10(23)5-24-14-19-12(15)20-21-14/h6H,3-5H2,1-2H3,(H3,15,19,20,21)(H,16,17,18,23). The fraction of sp³-hybridized carbons (Fsp3) is 0.429. The first-order valence-corrected chi connectivity index (χ1v) is 8.42. The van der Waals surface area contributed by atoms with Gasteiger partial charge in [-0.15, -0.1) is 5.10 Å². The van der Waals surface area contributed by atoms with Gasteiger partial charge >= 0.3 is 0 Å². The third-order valence-corrected chi connectivity index (χ3v) is 4.43. The number of fused-ring (bicyclic) bond motifs is 1. The Morgan fingerprint density at radius 2 is 2.17 bits per heavy atom. The monoisotopic (exact) mass is 347 g/mol. The lowest BCUT2D eigenvalue weighted by Crippen LogP contribution is -2.24. The van der Waals surface area contributed by atoms with Gasteiger partial charge in [0, 0.05) is 6.42 Å². The van der Waals surface area contributed by atoms with Gasteiger partial charge < -0.3 is 5.73 Å². The zero-order valence-corrected chi connectivity index (χ0v) is 14.1. The van der Waals surface area contributed by atoms with Gasteiger partial charge in [-0.05, 0) is 19.3 Å². The SMILES string of the molecule is Cc1nc(NC(=O)CSc2n[nH]c(N)n2)nc2c1C(=O)CC(C)C2. The van der Waals surface area contributed by atoms with Crippen molar-refractivity contribution in [2.75, 3.05) is 16.8 Å². The number of carbonyl (C=O) groups is 2. The summed E-state index contributed by atoms with van der Waals surface area (Å²) < 4.78 is 0. The highest BCUT2D eigenvalue weighted by molar-refractivity contribution is 7.99. The fourth-order valence-electron chi connectivity index (χ4n) is 2.63. The number of Topliss-reactive ketones (excluding diaryl/α,β-unsaturated/α-hetero) is 1. The van der Waals surface area contributed by atoms with Gasteiger partial charge in [0.15, 0.2) is 5.78 Å². The Hall–Kier alpha value is -2.49. The summed E-state index contributed by atoms with van der Waals surface area (Å²) in [5.41, 5.74) is 7.32. The smallest absolute Gasteiger partial charge is 0.237 e. The number of nitrogens with one attached hydrogen (secondary N) is 2. The number of amides is 1. The van der Waals surface area contributed by atoms with Crippen molar-refractivity contribution in [3.63, 3.8) is 0 Å². The lowest BCUT2D eigenvalue weighted by Gasteiger charge is -2.21. The van der Waals surface area contributed by atoms with Gasteiger partial charge in [-0.3, -0.25) is 14.9 Å². The predicted molar refractivity (Wildman–Crippen MR) is 88.7 cm³/mol. The van der Waals surface area contributed by atoms with E-state index in [1.165, 1.54) is 0 Å². The van der Waals surface area contributed by atoms with E-state index in [2.05, 4.69) is 30.5 Å². The Morgan fingerprint density at radius 1 is 1.38 bits per heavy atom. The molecular formula is C14H17N7O2S. The lowest BCUT2D eigenvalue weighted by atomic mass is 9.86. The summed E-state index contributed by atoms with van der Waals surface area (Å²) in [6.07, 6.45) is 1.22. The van der Waals surface area contributed by atoms with Crippen molar-refractivity contribution in [1.29, 1.82) is 0 Å². The van der Waals surface area contributed by atoms with Gasteiger partial charge in [0.25, 0.3) is 0 Å². The van der Waals surface area contributed by atoms with Crippen LogP contribution in [-0.4, -0.2) is 42.6 Å². The van der Waals surface area contributed by atoms with Gasteiger partial charge in [0.05, 0.1) is 22.7 Å². The van der Waals surface area contributed by atoms with Gasteiger partial charge in [-0.1, -0.05) is 18.7 Å². The molecule has 0 saturated heterocycles. The first kappa shape index (κ1) is 16.4. The highest BCUT2D eigenvalue weighted by atomic mass is 32.2. The van der Waals surface area contributed by atoms with Crippen LogP contribution in [0.1, 0.15) is 35.1 Å². The number of rotatable bonds is 4. The van der Waals surface area contributed by atoms with Gasteiger partial charge in [0.2, 0.25) is 23.0 Å². The van der Waals surface area contributed by atoms with Gasteiger partial charge in [-0.25, -0.2) is 15.1 Å². The summed E-state index contributed by atoms with van der Waals surface area (Å²) in [5, 5.41) is 9.38. The summed E-state index contributed by atoms with van der Waals surface area (Å²) in [7, 11) is 0. The number of nitrogen functional groups attached to an aromatic ring is 1. The second kappa shape index (κ2) is 6.56. The Balaban J connectivity index is 1.69. The van der Waals surface area contributed by atoms with Crippen LogP contribution in [0.3, 0.4) is 0 Å². The highest BCUT2D eigenvalue weighted by Crippen LogP contribution is 2.26. The van der Waals surface area contributed by atoms with Crippen molar-refractivity contribution < 1.29 is 9.59 Å². The number of nitrogens with zero attached hydrogens (tertiary/aromatic N) is 4. The average Bonchev–Trinajstić information content (AvgIpc) is 2.89. The molecule has 1 aliphatic carbocycles.